The van der Waals surface area contributed by atoms with E-state index in [1.54, 1.807) is 28.7 Å². The van der Waals surface area contributed by atoms with Gasteiger partial charge in [-0.25, -0.2) is 0 Å². The molecule has 0 aromatic heterocycles. The molecule has 1 saturated carbocycles. The van der Waals surface area contributed by atoms with Crippen molar-refractivity contribution in [1.29, 1.82) is 0 Å². The molecule has 0 aromatic rings. The smallest absolute Gasteiger partial charge is 0.305 e. The second kappa shape index (κ2) is 7.95. The Hall–Kier alpha value is -1.28. The monoisotopic (exact) mass is 370 g/mol. The van der Waals surface area contributed by atoms with Gasteiger partial charge in [-0.1, -0.05) is 12.8 Å². The van der Waals surface area contributed by atoms with Crippen LogP contribution >= 0.6 is 11.8 Å². The van der Waals surface area contributed by atoms with Crippen LogP contribution in [0.2, 0.25) is 0 Å². The fraction of sp³-hybridized carbons (Fsp3) is 0.824. The lowest BCUT2D eigenvalue weighted by atomic mass is 10.1. The maximum absolute atomic E-state index is 13.1. The number of nitrogens with zero attached hydrogens (tertiary/aromatic N) is 2. The van der Waals surface area contributed by atoms with E-state index in [1.807, 2.05) is 0 Å². The first-order valence-electron chi connectivity index (χ1n) is 8.94. The average Bonchev–Trinajstić information content (AvgIpc) is 3.32. The highest BCUT2D eigenvalue weighted by molar-refractivity contribution is 7.99. The van der Waals surface area contributed by atoms with E-state index in [2.05, 4.69) is 0 Å². The molecule has 0 bridgehead atoms. The minimum Gasteiger partial charge on any atom is -0.481 e. The summed E-state index contributed by atoms with van der Waals surface area (Å²) in [5.74, 6) is 0.246. The molecule has 25 heavy (non-hydrogen) atoms. The lowest BCUT2D eigenvalue weighted by Crippen LogP contribution is -2.51. The van der Waals surface area contributed by atoms with Crippen molar-refractivity contribution in [3.8, 4) is 0 Å². The molecular weight excluding hydrogens is 344 g/mol. The van der Waals surface area contributed by atoms with Crippen LogP contribution in [0.5, 0.6) is 0 Å². The van der Waals surface area contributed by atoms with Crippen LogP contribution in [0, 0.1) is 5.92 Å². The number of carboxylic acids is 1. The summed E-state index contributed by atoms with van der Waals surface area (Å²) >= 11 is 1.60. The number of carbonyl (C=O) groups excluding carboxylic acids is 2. The van der Waals surface area contributed by atoms with Gasteiger partial charge in [-0.2, -0.15) is 0 Å². The molecule has 2 amide bonds. The first kappa shape index (κ1) is 18.5. The van der Waals surface area contributed by atoms with Crippen molar-refractivity contribution in [2.45, 2.75) is 56.7 Å². The topological polar surface area (TPSA) is 87.2 Å². The van der Waals surface area contributed by atoms with Crippen molar-refractivity contribution in [1.82, 2.24) is 9.80 Å². The quantitative estimate of drug-likeness (QED) is 0.782. The standard InChI is InChI=1S/C17H26N2O5S/c1-24-13-6-12(7-15(20)21)18(8-13)17(23)14-9-25-10-19(14)16(22)11-4-2-3-5-11/h11-14H,2-10H2,1H3,(H,20,21). The molecular formula is C17H26N2O5S. The summed E-state index contributed by atoms with van der Waals surface area (Å²) in [6, 6.07) is -0.825. The lowest BCUT2D eigenvalue weighted by Gasteiger charge is -2.31. The Kier molecular flexibility index (Phi) is 5.89. The summed E-state index contributed by atoms with van der Waals surface area (Å²) in [6.07, 6.45) is 4.31. The van der Waals surface area contributed by atoms with Crippen LogP contribution in [0.25, 0.3) is 0 Å². The Morgan fingerprint density at radius 2 is 1.88 bits per heavy atom. The van der Waals surface area contributed by atoms with E-state index < -0.39 is 12.0 Å². The minimum atomic E-state index is -0.917. The fourth-order valence-corrected chi connectivity index (χ4v) is 5.33. The average molecular weight is 370 g/mol. The van der Waals surface area contributed by atoms with Crippen molar-refractivity contribution in [2.24, 2.45) is 5.92 Å². The van der Waals surface area contributed by atoms with E-state index in [9.17, 15) is 14.4 Å². The summed E-state index contributed by atoms with van der Waals surface area (Å²) in [4.78, 5) is 40.4. The van der Waals surface area contributed by atoms with Crippen LogP contribution < -0.4 is 0 Å². The molecule has 8 heteroatoms. The van der Waals surface area contributed by atoms with Gasteiger partial charge in [0.15, 0.2) is 0 Å². The molecule has 1 N–H and O–H groups in total. The number of thioether (sulfide) groups is 1. The number of ether oxygens (including phenoxy) is 1. The molecule has 3 rings (SSSR count). The van der Waals surface area contributed by atoms with E-state index in [4.69, 9.17) is 9.84 Å². The van der Waals surface area contributed by atoms with E-state index in [0.29, 0.717) is 24.6 Å². The Morgan fingerprint density at radius 1 is 1.16 bits per heavy atom. The first-order valence-corrected chi connectivity index (χ1v) is 10.1. The van der Waals surface area contributed by atoms with Gasteiger partial charge in [-0.05, 0) is 19.3 Å². The summed E-state index contributed by atoms with van der Waals surface area (Å²) < 4.78 is 5.35. The molecule has 140 valence electrons. The Labute approximate surface area is 152 Å². The largest absolute Gasteiger partial charge is 0.481 e. The molecule has 2 aliphatic heterocycles. The van der Waals surface area contributed by atoms with Gasteiger partial charge >= 0.3 is 5.97 Å². The van der Waals surface area contributed by atoms with E-state index in [0.717, 1.165) is 25.7 Å². The van der Waals surface area contributed by atoms with Gasteiger partial charge < -0.3 is 19.6 Å². The van der Waals surface area contributed by atoms with Crippen molar-refractivity contribution < 1.29 is 24.2 Å². The maximum atomic E-state index is 13.1. The number of rotatable bonds is 5. The molecule has 7 nitrogen and oxygen atoms in total. The molecule has 3 atom stereocenters. The van der Waals surface area contributed by atoms with Gasteiger partial charge in [-0.3, -0.25) is 14.4 Å². The normalized spacial score (nSPS) is 30.2. The highest BCUT2D eigenvalue weighted by Gasteiger charge is 2.44. The summed E-state index contributed by atoms with van der Waals surface area (Å²) in [5.41, 5.74) is 0. The number of carboxylic acid groups (broad SMARTS) is 1. The number of carbonyl (C=O) groups is 3. The third-order valence-corrected chi connectivity index (χ3v) is 6.57. The lowest BCUT2D eigenvalue weighted by molar-refractivity contribution is -0.147. The van der Waals surface area contributed by atoms with Crippen LogP contribution in [-0.2, 0) is 19.1 Å². The molecule has 0 radical (unpaired) electrons. The molecule has 3 aliphatic rings. The van der Waals surface area contributed by atoms with E-state index in [-0.39, 0.29) is 36.3 Å². The van der Waals surface area contributed by atoms with Crippen LogP contribution in [0.3, 0.4) is 0 Å². The maximum Gasteiger partial charge on any atom is 0.305 e. The highest BCUT2D eigenvalue weighted by Crippen LogP contribution is 2.33. The van der Waals surface area contributed by atoms with Crippen LogP contribution in [0.1, 0.15) is 38.5 Å². The van der Waals surface area contributed by atoms with Gasteiger partial charge in [0.25, 0.3) is 0 Å². The summed E-state index contributed by atoms with van der Waals surface area (Å²) in [7, 11) is 1.58. The zero-order chi connectivity index (χ0) is 18.0. The van der Waals surface area contributed by atoms with Crippen molar-refractivity contribution in [3.63, 3.8) is 0 Å². The number of amides is 2. The SMILES string of the molecule is COC1CC(CC(=O)O)N(C(=O)C2CSCN2C(=O)C2CCCC2)C1. The predicted molar refractivity (Wildman–Crippen MR) is 93.1 cm³/mol. The summed E-state index contributed by atoms with van der Waals surface area (Å²) in [6.45, 7) is 0.403. The van der Waals surface area contributed by atoms with Gasteiger partial charge in [-0.15, -0.1) is 11.8 Å². The number of likely N-dealkylation sites (tertiary alicyclic amines) is 1. The molecule has 2 saturated heterocycles. The first-order chi connectivity index (χ1) is 12.0. The number of hydrogen-bond donors (Lipinski definition) is 1. The van der Waals surface area contributed by atoms with Crippen molar-refractivity contribution in [3.05, 3.63) is 0 Å². The van der Waals surface area contributed by atoms with Crippen molar-refractivity contribution in [2.75, 3.05) is 25.3 Å². The van der Waals surface area contributed by atoms with Gasteiger partial charge in [0.05, 0.1) is 18.4 Å². The zero-order valence-electron chi connectivity index (χ0n) is 14.6. The van der Waals surface area contributed by atoms with Crippen LogP contribution in [0.15, 0.2) is 0 Å². The van der Waals surface area contributed by atoms with Gasteiger partial charge in [0.1, 0.15) is 6.04 Å². The van der Waals surface area contributed by atoms with Crippen LogP contribution in [-0.4, -0.2) is 76.2 Å². The van der Waals surface area contributed by atoms with Crippen LogP contribution in [0.4, 0.5) is 0 Å². The van der Waals surface area contributed by atoms with Gasteiger partial charge in [0, 0.05) is 31.4 Å². The second-order valence-electron chi connectivity index (χ2n) is 7.14. The third kappa shape index (κ3) is 3.95. The Morgan fingerprint density at radius 3 is 2.52 bits per heavy atom. The molecule has 1 aliphatic carbocycles. The predicted octanol–water partition coefficient (Wildman–Crippen LogP) is 1.17. The molecule has 0 spiro atoms. The number of methoxy groups -OCH3 is 1. The fourth-order valence-electron chi connectivity index (χ4n) is 4.17. The molecule has 0 aromatic carbocycles. The minimum absolute atomic E-state index is 0.0501. The number of hydrogen-bond acceptors (Lipinski definition) is 5. The van der Waals surface area contributed by atoms with E-state index in [1.165, 1.54) is 0 Å². The zero-order valence-corrected chi connectivity index (χ0v) is 15.4. The third-order valence-electron chi connectivity index (χ3n) is 5.56. The van der Waals surface area contributed by atoms with E-state index >= 15 is 0 Å². The molecule has 2 heterocycles. The van der Waals surface area contributed by atoms with Crippen molar-refractivity contribution >= 4 is 29.5 Å². The Bertz CT molecular complexity index is 537. The highest BCUT2D eigenvalue weighted by atomic mass is 32.2. The summed E-state index contributed by atoms with van der Waals surface area (Å²) in [5, 5.41) is 9.13. The molecule has 3 fully saturated rings. The van der Waals surface area contributed by atoms with Gasteiger partial charge in [0.2, 0.25) is 11.8 Å². The number of aliphatic carboxylic acids is 1. The Balaban J connectivity index is 1.71. The second-order valence-corrected chi connectivity index (χ2v) is 8.14. The molecule has 3 unspecified atom stereocenters.